The molecule has 4 heteroatoms. The smallest absolute Gasteiger partial charge is 0.240 e. The lowest BCUT2D eigenvalue weighted by Gasteiger charge is -2.40. The number of benzene rings is 1. The summed E-state index contributed by atoms with van der Waals surface area (Å²) >= 11 is 0. The molecule has 2 aliphatic heterocycles. The predicted octanol–water partition coefficient (Wildman–Crippen LogP) is 2.44. The van der Waals surface area contributed by atoms with Crippen molar-refractivity contribution in [2.24, 2.45) is 0 Å². The zero-order valence-electron chi connectivity index (χ0n) is 14.7. The van der Waals surface area contributed by atoms with E-state index in [0.717, 1.165) is 39.1 Å². The first-order valence-electron chi connectivity index (χ1n) is 8.88. The van der Waals surface area contributed by atoms with E-state index in [4.69, 9.17) is 0 Å². The van der Waals surface area contributed by atoms with Gasteiger partial charge < -0.3 is 9.80 Å². The van der Waals surface area contributed by atoms with Gasteiger partial charge in [-0.3, -0.25) is 9.69 Å². The molecule has 0 saturated carbocycles. The molecule has 0 aromatic heterocycles. The van der Waals surface area contributed by atoms with Gasteiger partial charge in [-0.05, 0) is 57.5 Å². The molecule has 126 valence electrons. The molecular formula is C19H29N3O. The molecule has 0 bridgehead atoms. The Labute approximate surface area is 140 Å². The van der Waals surface area contributed by atoms with Gasteiger partial charge in [0.15, 0.2) is 0 Å². The van der Waals surface area contributed by atoms with Crippen LogP contribution in [0.3, 0.4) is 0 Å². The standard InChI is InChI=1S/C19H29N3O/c1-15-7-6-9-17(16(15)2)21-11-13-22(14-12-21)19(23)18-8-4-5-10-20(18)3/h6-7,9,18H,4-5,8,10-14H2,1-3H3. The molecule has 4 nitrogen and oxygen atoms in total. The number of aryl methyl sites for hydroxylation is 1. The number of hydrogen-bond acceptors (Lipinski definition) is 3. The molecule has 0 spiro atoms. The van der Waals surface area contributed by atoms with Crippen LogP contribution in [0.5, 0.6) is 0 Å². The van der Waals surface area contributed by atoms with Crippen LogP contribution in [-0.4, -0.2) is 61.5 Å². The van der Waals surface area contributed by atoms with Crippen LogP contribution >= 0.6 is 0 Å². The normalized spacial score (nSPS) is 23.2. The predicted molar refractivity (Wildman–Crippen MR) is 95.0 cm³/mol. The van der Waals surface area contributed by atoms with Crippen molar-refractivity contribution in [1.29, 1.82) is 0 Å². The molecule has 1 unspecified atom stereocenters. The monoisotopic (exact) mass is 315 g/mol. The molecule has 1 amide bonds. The first-order valence-corrected chi connectivity index (χ1v) is 8.88. The Morgan fingerprint density at radius 2 is 1.78 bits per heavy atom. The van der Waals surface area contributed by atoms with Crippen molar-refractivity contribution in [3.63, 3.8) is 0 Å². The van der Waals surface area contributed by atoms with Crippen LogP contribution in [0.15, 0.2) is 18.2 Å². The summed E-state index contributed by atoms with van der Waals surface area (Å²) in [6.45, 7) is 8.97. The van der Waals surface area contributed by atoms with Crippen LogP contribution in [0.4, 0.5) is 5.69 Å². The molecule has 0 radical (unpaired) electrons. The van der Waals surface area contributed by atoms with Gasteiger partial charge in [0.05, 0.1) is 6.04 Å². The van der Waals surface area contributed by atoms with Gasteiger partial charge in [-0.1, -0.05) is 18.6 Å². The van der Waals surface area contributed by atoms with Crippen molar-refractivity contribution < 1.29 is 4.79 Å². The number of rotatable bonds is 2. The highest BCUT2D eigenvalue weighted by molar-refractivity contribution is 5.82. The quantitative estimate of drug-likeness (QED) is 0.839. The van der Waals surface area contributed by atoms with Gasteiger partial charge in [0.25, 0.3) is 0 Å². The second-order valence-electron chi connectivity index (χ2n) is 7.02. The van der Waals surface area contributed by atoms with Gasteiger partial charge in [-0.25, -0.2) is 0 Å². The minimum atomic E-state index is 0.107. The Balaban J connectivity index is 1.62. The second kappa shape index (κ2) is 6.91. The van der Waals surface area contributed by atoms with Gasteiger partial charge in [-0.15, -0.1) is 0 Å². The Hall–Kier alpha value is -1.55. The van der Waals surface area contributed by atoms with Gasteiger partial charge in [0, 0.05) is 31.9 Å². The zero-order valence-corrected chi connectivity index (χ0v) is 14.7. The Morgan fingerprint density at radius 1 is 1.04 bits per heavy atom. The first-order chi connectivity index (χ1) is 11.1. The van der Waals surface area contributed by atoms with Crippen LogP contribution in [0, 0.1) is 13.8 Å². The van der Waals surface area contributed by atoms with E-state index in [9.17, 15) is 4.79 Å². The van der Waals surface area contributed by atoms with Crippen molar-refractivity contribution in [2.75, 3.05) is 44.7 Å². The van der Waals surface area contributed by atoms with Gasteiger partial charge >= 0.3 is 0 Å². The molecule has 0 aliphatic carbocycles. The molecule has 2 heterocycles. The van der Waals surface area contributed by atoms with Crippen LogP contribution in [0.1, 0.15) is 30.4 Å². The lowest BCUT2D eigenvalue weighted by atomic mass is 10.0. The van der Waals surface area contributed by atoms with Crippen molar-refractivity contribution in [1.82, 2.24) is 9.80 Å². The summed E-state index contributed by atoms with van der Waals surface area (Å²) in [5, 5.41) is 0. The van der Waals surface area contributed by atoms with Gasteiger partial charge in [-0.2, -0.15) is 0 Å². The SMILES string of the molecule is Cc1cccc(N2CCN(C(=O)C3CCCCN3C)CC2)c1C. The Bertz CT molecular complexity index is 564. The van der Waals surface area contributed by atoms with Crippen LogP contribution in [0.25, 0.3) is 0 Å². The minimum Gasteiger partial charge on any atom is -0.368 e. The summed E-state index contributed by atoms with van der Waals surface area (Å²) in [5.41, 5.74) is 4.02. The lowest BCUT2D eigenvalue weighted by molar-refractivity contribution is -0.137. The maximum atomic E-state index is 12.8. The summed E-state index contributed by atoms with van der Waals surface area (Å²) in [7, 11) is 2.09. The van der Waals surface area contributed by atoms with E-state index in [1.54, 1.807) is 0 Å². The summed E-state index contributed by atoms with van der Waals surface area (Å²) in [5.74, 6) is 0.341. The van der Waals surface area contributed by atoms with E-state index in [1.165, 1.54) is 29.7 Å². The average Bonchev–Trinajstić information content (AvgIpc) is 2.57. The largest absolute Gasteiger partial charge is 0.368 e. The van der Waals surface area contributed by atoms with E-state index in [1.807, 2.05) is 0 Å². The molecule has 2 saturated heterocycles. The number of piperazine rings is 1. The topological polar surface area (TPSA) is 26.8 Å². The Kier molecular flexibility index (Phi) is 4.90. The summed E-state index contributed by atoms with van der Waals surface area (Å²) < 4.78 is 0. The highest BCUT2D eigenvalue weighted by atomic mass is 16.2. The maximum absolute atomic E-state index is 12.8. The number of anilines is 1. The molecule has 23 heavy (non-hydrogen) atoms. The van der Waals surface area contributed by atoms with Crippen LogP contribution in [-0.2, 0) is 4.79 Å². The number of carbonyl (C=O) groups excluding carboxylic acids is 1. The third-order valence-corrected chi connectivity index (χ3v) is 5.56. The fraction of sp³-hybridized carbons (Fsp3) is 0.632. The number of likely N-dealkylation sites (N-methyl/N-ethyl adjacent to an activating group) is 1. The third kappa shape index (κ3) is 3.37. The van der Waals surface area contributed by atoms with Gasteiger partial charge in [0.2, 0.25) is 5.91 Å². The molecular weight excluding hydrogens is 286 g/mol. The van der Waals surface area contributed by atoms with E-state index in [0.29, 0.717) is 5.91 Å². The molecule has 2 fully saturated rings. The number of hydrogen-bond donors (Lipinski definition) is 0. The number of likely N-dealkylation sites (tertiary alicyclic amines) is 1. The van der Waals surface area contributed by atoms with Crippen molar-refractivity contribution >= 4 is 11.6 Å². The number of amides is 1. The fourth-order valence-corrected chi connectivity index (χ4v) is 3.84. The van der Waals surface area contributed by atoms with Crippen molar-refractivity contribution in [3.05, 3.63) is 29.3 Å². The third-order valence-electron chi connectivity index (χ3n) is 5.56. The first kappa shape index (κ1) is 16.3. The van der Waals surface area contributed by atoms with Crippen LogP contribution < -0.4 is 4.90 Å². The van der Waals surface area contributed by atoms with E-state index in [-0.39, 0.29) is 6.04 Å². The van der Waals surface area contributed by atoms with E-state index >= 15 is 0 Å². The highest BCUT2D eigenvalue weighted by Gasteiger charge is 2.31. The lowest BCUT2D eigenvalue weighted by Crippen LogP contribution is -2.55. The maximum Gasteiger partial charge on any atom is 0.240 e. The Morgan fingerprint density at radius 3 is 2.48 bits per heavy atom. The van der Waals surface area contributed by atoms with E-state index < -0.39 is 0 Å². The molecule has 2 aliphatic rings. The minimum absolute atomic E-state index is 0.107. The summed E-state index contributed by atoms with van der Waals surface area (Å²) in [4.78, 5) is 19.5. The van der Waals surface area contributed by atoms with Crippen LogP contribution in [0.2, 0.25) is 0 Å². The average molecular weight is 315 g/mol. The van der Waals surface area contributed by atoms with Crippen molar-refractivity contribution in [3.8, 4) is 0 Å². The van der Waals surface area contributed by atoms with E-state index in [2.05, 4.69) is 53.8 Å². The summed E-state index contributed by atoms with van der Waals surface area (Å²) in [6, 6.07) is 6.61. The highest BCUT2D eigenvalue weighted by Crippen LogP contribution is 2.24. The van der Waals surface area contributed by atoms with Crippen molar-refractivity contribution in [2.45, 2.75) is 39.2 Å². The second-order valence-corrected chi connectivity index (χ2v) is 7.02. The molecule has 1 aromatic carbocycles. The molecule has 3 rings (SSSR count). The molecule has 1 atom stereocenters. The van der Waals surface area contributed by atoms with Gasteiger partial charge in [0.1, 0.15) is 0 Å². The number of piperidine rings is 1. The fourth-order valence-electron chi connectivity index (χ4n) is 3.84. The molecule has 1 aromatic rings. The number of nitrogens with zero attached hydrogens (tertiary/aromatic N) is 3. The number of carbonyl (C=O) groups is 1. The summed E-state index contributed by atoms with van der Waals surface area (Å²) in [6.07, 6.45) is 3.43. The molecule has 0 N–H and O–H groups in total. The zero-order chi connectivity index (χ0) is 16.4.